The number of benzene rings is 1. The molecule has 8 nitrogen and oxygen atoms in total. The lowest BCUT2D eigenvalue weighted by Gasteiger charge is -2.68. The highest BCUT2D eigenvalue weighted by Crippen LogP contribution is 2.67. The molecule has 0 radical (unpaired) electrons. The van der Waals surface area contributed by atoms with Crippen LogP contribution in [0.4, 0.5) is 13.2 Å². The molecule has 2 heterocycles. The summed E-state index contributed by atoms with van der Waals surface area (Å²) in [5, 5.41) is 3.48. The summed E-state index contributed by atoms with van der Waals surface area (Å²) in [4.78, 5) is 28.2. The predicted molar refractivity (Wildman–Crippen MR) is 115 cm³/mol. The lowest BCUT2D eigenvalue weighted by Crippen LogP contribution is -2.76. The lowest BCUT2D eigenvalue weighted by molar-refractivity contribution is -0.169. The predicted octanol–water partition coefficient (Wildman–Crippen LogP) is 4.37. The highest BCUT2D eigenvalue weighted by atomic mass is 35.5. The molecule has 180 valence electrons. The molecular formula is C21H17ClF3N3O5S. The van der Waals surface area contributed by atoms with Crippen LogP contribution in [-0.2, 0) is 25.7 Å². The van der Waals surface area contributed by atoms with Crippen LogP contribution in [0.15, 0.2) is 43.5 Å². The average molecular weight is 516 g/mol. The van der Waals surface area contributed by atoms with Crippen molar-refractivity contribution in [2.75, 3.05) is 6.26 Å². The Morgan fingerprint density at radius 3 is 2.59 bits per heavy atom. The molecule has 1 N–H and O–H groups in total. The van der Waals surface area contributed by atoms with Crippen molar-refractivity contribution in [2.24, 2.45) is 4.36 Å². The number of fused-ring (bicyclic) bond motifs is 1. The van der Waals surface area contributed by atoms with Gasteiger partial charge in [-0.05, 0) is 49.6 Å². The molecule has 2 bridgehead atoms. The normalized spacial score (nSPS) is 25.2. The monoisotopic (exact) mass is 515 g/mol. The standard InChI is InChI=1S/C21H17ClF3N3O5S/c1-34(31,28-17(30)21(23,24)25)7-12-3-5-15(32-12)16(29)27-20-8-19(9-20,10-20)18-26-13-6-11(22)2-4-14(13)33-18/h2-6H,7-10H2,1H3,(H,27,29). The number of amides is 2. The van der Waals surface area contributed by atoms with Crippen LogP contribution in [0, 0.1) is 0 Å². The van der Waals surface area contributed by atoms with Gasteiger partial charge >= 0.3 is 12.1 Å². The van der Waals surface area contributed by atoms with E-state index in [1.165, 1.54) is 12.1 Å². The molecule has 3 aliphatic carbocycles. The van der Waals surface area contributed by atoms with Gasteiger partial charge in [-0.15, -0.1) is 0 Å². The Kier molecular flexibility index (Phi) is 4.93. The number of halogens is 4. The van der Waals surface area contributed by atoms with Crippen molar-refractivity contribution in [3.8, 4) is 0 Å². The van der Waals surface area contributed by atoms with Gasteiger partial charge in [-0.3, -0.25) is 9.59 Å². The fourth-order valence-electron chi connectivity index (χ4n) is 4.68. The molecule has 13 heteroatoms. The van der Waals surface area contributed by atoms with E-state index < -0.39 is 39.0 Å². The van der Waals surface area contributed by atoms with Gasteiger partial charge in [0.05, 0.1) is 20.9 Å². The number of hydrogen-bond donors (Lipinski definition) is 1. The summed E-state index contributed by atoms with van der Waals surface area (Å²) >= 11 is 6.00. The Bertz CT molecular complexity index is 1450. The fraction of sp³-hybridized carbons (Fsp3) is 0.381. The second-order valence-corrected chi connectivity index (χ2v) is 11.8. The fourth-order valence-corrected chi connectivity index (χ4v) is 6.05. The maximum absolute atomic E-state index is 12.6. The highest BCUT2D eigenvalue weighted by Gasteiger charge is 2.71. The van der Waals surface area contributed by atoms with E-state index in [1.54, 1.807) is 18.2 Å². The Morgan fingerprint density at radius 1 is 1.21 bits per heavy atom. The van der Waals surface area contributed by atoms with E-state index in [0.717, 1.165) is 6.26 Å². The van der Waals surface area contributed by atoms with Gasteiger partial charge in [0.15, 0.2) is 11.3 Å². The second kappa shape index (κ2) is 7.32. The van der Waals surface area contributed by atoms with Gasteiger partial charge in [0.2, 0.25) is 5.89 Å². The topological polar surface area (TPSA) is 115 Å². The number of furan rings is 1. The molecule has 34 heavy (non-hydrogen) atoms. The van der Waals surface area contributed by atoms with Crippen molar-refractivity contribution in [3.05, 3.63) is 52.8 Å². The summed E-state index contributed by atoms with van der Waals surface area (Å²) in [6, 6.07) is 7.85. The molecule has 0 saturated heterocycles. The Morgan fingerprint density at radius 2 is 1.91 bits per heavy atom. The molecule has 3 fully saturated rings. The molecule has 3 aromatic rings. The molecule has 2 amide bonds. The van der Waals surface area contributed by atoms with Crippen molar-refractivity contribution in [2.45, 2.75) is 42.1 Å². The molecule has 6 rings (SSSR count). The molecule has 1 aromatic carbocycles. The van der Waals surface area contributed by atoms with Gasteiger partial charge in [0, 0.05) is 16.8 Å². The molecule has 3 saturated carbocycles. The summed E-state index contributed by atoms with van der Waals surface area (Å²) in [5.74, 6) is -2.97. The summed E-state index contributed by atoms with van der Waals surface area (Å²) < 4.78 is 63.4. The minimum Gasteiger partial charge on any atom is -0.455 e. The minimum atomic E-state index is -5.21. The third-order valence-electron chi connectivity index (χ3n) is 6.03. The van der Waals surface area contributed by atoms with Crippen LogP contribution in [0.2, 0.25) is 5.02 Å². The maximum atomic E-state index is 12.6. The number of carbonyl (C=O) groups is 2. The van der Waals surface area contributed by atoms with E-state index in [0.29, 0.717) is 41.3 Å². The first-order chi connectivity index (χ1) is 15.8. The van der Waals surface area contributed by atoms with E-state index in [4.69, 9.17) is 20.4 Å². The van der Waals surface area contributed by atoms with E-state index >= 15 is 0 Å². The van der Waals surface area contributed by atoms with E-state index in [1.807, 2.05) is 0 Å². The van der Waals surface area contributed by atoms with Crippen LogP contribution >= 0.6 is 11.6 Å². The smallest absolute Gasteiger partial charge is 0.455 e. The van der Waals surface area contributed by atoms with Crippen molar-refractivity contribution in [1.82, 2.24) is 10.3 Å². The van der Waals surface area contributed by atoms with Gasteiger partial charge < -0.3 is 14.2 Å². The molecule has 1 atom stereocenters. The number of aromatic nitrogens is 1. The first kappa shape index (κ1) is 22.9. The maximum Gasteiger partial charge on any atom is 0.474 e. The number of carbonyl (C=O) groups excluding carboxylic acids is 2. The molecule has 2 aromatic heterocycles. The number of rotatable bonds is 5. The van der Waals surface area contributed by atoms with E-state index in [2.05, 4.69) is 14.7 Å². The van der Waals surface area contributed by atoms with Crippen molar-refractivity contribution in [3.63, 3.8) is 0 Å². The number of oxazole rings is 1. The second-order valence-electron chi connectivity index (χ2n) is 8.94. The highest BCUT2D eigenvalue weighted by molar-refractivity contribution is 7.92. The van der Waals surface area contributed by atoms with Crippen LogP contribution in [0.3, 0.4) is 0 Å². The Hall–Kier alpha value is -2.86. The average Bonchev–Trinajstić information content (AvgIpc) is 3.28. The zero-order valence-electron chi connectivity index (χ0n) is 17.6. The Balaban J connectivity index is 1.22. The first-order valence-electron chi connectivity index (χ1n) is 10.1. The van der Waals surface area contributed by atoms with Crippen LogP contribution in [0.25, 0.3) is 11.1 Å². The molecule has 0 aliphatic heterocycles. The van der Waals surface area contributed by atoms with Gasteiger partial charge in [0.1, 0.15) is 11.3 Å². The third-order valence-corrected chi connectivity index (χ3v) is 7.63. The first-order valence-corrected chi connectivity index (χ1v) is 12.5. The summed E-state index contributed by atoms with van der Waals surface area (Å²) in [7, 11) is -3.55. The number of nitrogens with one attached hydrogen (secondary N) is 1. The van der Waals surface area contributed by atoms with Gasteiger partial charge in [-0.2, -0.15) is 17.5 Å². The molecule has 0 spiro atoms. The summed E-state index contributed by atoms with van der Waals surface area (Å²) in [6.45, 7) is 0. The van der Waals surface area contributed by atoms with Crippen molar-refractivity contribution < 1.29 is 35.8 Å². The van der Waals surface area contributed by atoms with Crippen LogP contribution < -0.4 is 5.32 Å². The SMILES string of the molecule is CS(=O)(Cc1ccc(C(=O)NC23CC(c4nc5cc(Cl)ccc5o4)(C2)C3)o1)=NC(=O)C(F)(F)F. The van der Waals surface area contributed by atoms with Gasteiger partial charge in [-0.25, -0.2) is 9.19 Å². The van der Waals surface area contributed by atoms with E-state index in [9.17, 15) is 27.0 Å². The van der Waals surface area contributed by atoms with Crippen molar-refractivity contribution in [1.29, 1.82) is 0 Å². The Labute approximate surface area is 196 Å². The van der Waals surface area contributed by atoms with E-state index in [-0.39, 0.29) is 16.9 Å². The van der Waals surface area contributed by atoms with Gasteiger partial charge in [-0.1, -0.05) is 11.6 Å². The molecular weight excluding hydrogens is 499 g/mol. The number of alkyl halides is 3. The minimum absolute atomic E-state index is 0.0180. The molecule has 3 aliphatic rings. The quantitative estimate of drug-likeness (QED) is 0.540. The summed E-state index contributed by atoms with van der Waals surface area (Å²) in [5.41, 5.74) is 0.647. The lowest BCUT2D eigenvalue weighted by atomic mass is 9.39. The van der Waals surface area contributed by atoms with Crippen LogP contribution in [0.1, 0.15) is 41.5 Å². The van der Waals surface area contributed by atoms with Crippen LogP contribution in [-0.4, -0.2) is 39.0 Å². The zero-order chi connectivity index (χ0) is 24.5. The van der Waals surface area contributed by atoms with Crippen molar-refractivity contribution >= 4 is 44.2 Å². The third kappa shape index (κ3) is 3.98. The van der Waals surface area contributed by atoms with Crippen LogP contribution in [0.5, 0.6) is 0 Å². The number of hydrogen-bond acceptors (Lipinski definition) is 6. The summed E-state index contributed by atoms with van der Waals surface area (Å²) in [6.07, 6.45) is -2.37. The zero-order valence-corrected chi connectivity index (χ0v) is 19.1. The van der Waals surface area contributed by atoms with Gasteiger partial charge in [0.25, 0.3) is 5.91 Å². The largest absolute Gasteiger partial charge is 0.474 e. The number of nitrogens with zero attached hydrogens (tertiary/aromatic N) is 2. The molecule has 1 unspecified atom stereocenters.